The van der Waals surface area contributed by atoms with Gasteiger partial charge in [0, 0.05) is 25.5 Å². The predicted octanol–water partition coefficient (Wildman–Crippen LogP) is 8.79. The molecule has 0 spiro atoms. The highest BCUT2D eigenvalue weighted by Crippen LogP contribution is 2.76. The lowest BCUT2D eigenvalue weighted by Crippen LogP contribution is -2.44. The van der Waals surface area contributed by atoms with E-state index in [9.17, 15) is 0 Å². The zero-order valence-corrected chi connectivity index (χ0v) is 24.4. The molecule has 38 heavy (non-hydrogen) atoms. The first kappa shape index (κ1) is 26.4. The Morgan fingerprint density at radius 1 is 0.474 bits per heavy atom. The van der Waals surface area contributed by atoms with Crippen molar-refractivity contribution in [2.24, 2.45) is 0 Å². The second-order valence-corrected chi connectivity index (χ2v) is 17.0. The molecule has 0 aliphatic heterocycles. The Kier molecular flexibility index (Phi) is 8.37. The van der Waals surface area contributed by atoms with Gasteiger partial charge >= 0.3 is 0 Å². The lowest BCUT2D eigenvalue weighted by atomic mass is 9.84. The maximum absolute atomic E-state index is 2.45. The molecule has 1 radical (unpaired) electrons. The van der Waals surface area contributed by atoms with Crippen LogP contribution in [-0.2, 0) is 5.16 Å². The molecule has 5 rings (SSSR count). The fraction of sp³-hybridized carbons (Fsp3) is 0.167. The summed E-state index contributed by atoms with van der Waals surface area (Å²) >= 11 is 0. The van der Waals surface area contributed by atoms with Crippen LogP contribution in [0, 0.1) is 0 Å². The molecule has 0 heterocycles. The van der Waals surface area contributed by atoms with Gasteiger partial charge in [0.2, 0.25) is 0 Å². The SMILES string of the molecule is C[Si](C)CCC[P+](c1ccccc1)(c1ccccc1)C(c1ccccc1)(c1ccccc1)c1ccccc1. The number of hydrogen-bond acceptors (Lipinski definition) is 0. The summed E-state index contributed by atoms with van der Waals surface area (Å²) in [5.74, 6) is 0. The minimum absolute atomic E-state index is 0.339. The van der Waals surface area contributed by atoms with E-state index in [1.807, 2.05) is 0 Å². The van der Waals surface area contributed by atoms with Crippen LogP contribution in [0.1, 0.15) is 23.1 Å². The van der Waals surface area contributed by atoms with E-state index >= 15 is 0 Å². The van der Waals surface area contributed by atoms with Crippen LogP contribution in [0.4, 0.5) is 0 Å². The van der Waals surface area contributed by atoms with Gasteiger partial charge in [-0.3, -0.25) is 0 Å². The quantitative estimate of drug-likeness (QED) is 0.0965. The molecule has 0 nitrogen and oxygen atoms in total. The lowest BCUT2D eigenvalue weighted by molar-refractivity contribution is 0.860. The molecule has 0 N–H and O–H groups in total. The number of benzene rings is 5. The maximum Gasteiger partial charge on any atom is 0.164 e. The van der Waals surface area contributed by atoms with E-state index in [1.54, 1.807) is 0 Å². The van der Waals surface area contributed by atoms with Gasteiger partial charge < -0.3 is 0 Å². The van der Waals surface area contributed by atoms with Gasteiger partial charge in [-0.25, -0.2) is 0 Å². The third-order valence-electron chi connectivity index (χ3n) is 7.71. The normalized spacial score (nSPS) is 12.0. The van der Waals surface area contributed by atoms with Crippen molar-refractivity contribution in [1.82, 2.24) is 0 Å². The monoisotopic (exact) mass is 528 g/mol. The van der Waals surface area contributed by atoms with Crippen molar-refractivity contribution in [3.63, 3.8) is 0 Å². The van der Waals surface area contributed by atoms with Gasteiger partial charge in [-0.05, 0) is 30.7 Å². The topological polar surface area (TPSA) is 0 Å². The fourth-order valence-corrected chi connectivity index (χ4v) is 13.1. The molecule has 0 fully saturated rings. The van der Waals surface area contributed by atoms with Crippen LogP contribution in [0.15, 0.2) is 152 Å². The minimum Gasteiger partial charge on any atom is -0.0713 e. The van der Waals surface area contributed by atoms with Crippen LogP contribution >= 0.6 is 7.26 Å². The first-order valence-corrected chi connectivity index (χ1v) is 18.3. The average Bonchev–Trinajstić information content (AvgIpc) is 2.99. The molecule has 0 aliphatic rings. The van der Waals surface area contributed by atoms with Gasteiger partial charge in [-0.15, -0.1) is 0 Å². The highest BCUT2D eigenvalue weighted by molar-refractivity contribution is 7.90. The molecule has 0 atom stereocenters. The second kappa shape index (κ2) is 12.1. The van der Waals surface area contributed by atoms with Crippen molar-refractivity contribution in [3.8, 4) is 0 Å². The fourth-order valence-electron chi connectivity index (χ4n) is 6.20. The van der Waals surface area contributed by atoms with Crippen molar-refractivity contribution >= 4 is 26.7 Å². The van der Waals surface area contributed by atoms with Crippen LogP contribution in [0.25, 0.3) is 0 Å². The Morgan fingerprint density at radius 2 is 0.789 bits per heavy atom. The molecule has 5 aromatic rings. The van der Waals surface area contributed by atoms with Gasteiger partial charge in [0.05, 0.1) is 13.4 Å². The van der Waals surface area contributed by atoms with Crippen LogP contribution in [-0.4, -0.2) is 15.0 Å². The summed E-state index contributed by atoms with van der Waals surface area (Å²) in [6.07, 6.45) is 2.39. The summed E-state index contributed by atoms with van der Waals surface area (Å²) < 4.78 is 0. The highest BCUT2D eigenvalue weighted by atomic mass is 31.2. The third kappa shape index (κ3) is 4.82. The minimum atomic E-state index is -2.15. The first-order valence-electron chi connectivity index (χ1n) is 13.6. The average molecular weight is 529 g/mol. The standard InChI is InChI=1S/C36H37PSi/c1-38(2)30-18-29-37(34-25-14-6-15-26-34,35-27-16-7-17-28-35)36(31-19-8-3-9-20-31,32-21-10-4-11-22-32)33-23-12-5-13-24-33/h3-17,19-28H,18,29-30H2,1-2H3/q+1. The summed E-state index contributed by atoms with van der Waals surface area (Å²) in [5, 5.41) is 2.61. The van der Waals surface area contributed by atoms with E-state index in [0.29, 0.717) is 0 Å². The Morgan fingerprint density at radius 3 is 1.11 bits per heavy atom. The van der Waals surface area contributed by atoms with Crippen molar-refractivity contribution in [3.05, 3.63) is 168 Å². The van der Waals surface area contributed by atoms with Gasteiger partial charge in [-0.1, -0.05) is 147 Å². The van der Waals surface area contributed by atoms with Crippen molar-refractivity contribution < 1.29 is 0 Å². The van der Waals surface area contributed by atoms with Crippen LogP contribution in [0.5, 0.6) is 0 Å². The summed E-state index contributed by atoms with van der Waals surface area (Å²) in [7, 11) is -2.49. The van der Waals surface area contributed by atoms with E-state index in [-0.39, 0.29) is 14.0 Å². The van der Waals surface area contributed by atoms with Crippen LogP contribution in [0.3, 0.4) is 0 Å². The van der Waals surface area contributed by atoms with E-state index in [4.69, 9.17) is 0 Å². The molecule has 0 saturated heterocycles. The predicted molar refractivity (Wildman–Crippen MR) is 170 cm³/mol. The molecule has 0 aliphatic carbocycles. The summed E-state index contributed by atoms with van der Waals surface area (Å²) in [4.78, 5) is 0. The summed E-state index contributed by atoms with van der Waals surface area (Å²) in [6, 6.07) is 58.3. The largest absolute Gasteiger partial charge is 0.164 e. The van der Waals surface area contributed by atoms with Crippen molar-refractivity contribution in [2.45, 2.75) is 30.7 Å². The third-order valence-corrected chi connectivity index (χ3v) is 14.3. The molecular weight excluding hydrogens is 491 g/mol. The summed E-state index contributed by atoms with van der Waals surface area (Å²) in [6.45, 7) is 4.91. The Bertz CT molecular complexity index is 1250. The van der Waals surface area contributed by atoms with Crippen LogP contribution in [0.2, 0.25) is 19.1 Å². The molecule has 0 bridgehead atoms. The Labute approximate surface area is 231 Å². The van der Waals surface area contributed by atoms with E-state index in [0.717, 1.165) is 6.16 Å². The van der Waals surface area contributed by atoms with E-state index in [2.05, 4.69) is 165 Å². The molecule has 0 unspecified atom stereocenters. The van der Waals surface area contributed by atoms with E-state index < -0.39 is 7.26 Å². The molecule has 5 aromatic carbocycles. The molecule has 0 amide bonds. The van der Waals surface area contributed by atoms with Gasteiger partial charge in [0.25, 0.3) is 0 Å². The van der Waals surface area contributed by atoms with Gasteiger partial charge in [0.15, 0.2) is 5.16 Å². The zero-order chi connectivity index (χ0) is 26.3. The summed E-state index contributed by atoms with van der Waals surface area (Å²) in [5.41, 5.74) is 4.12. The molecule has 0 aromatic heterocycles. The molecule has 2 heteroatoms. The molecule has 0 saturated carbocycles. The first-order chi connectivity index (χ1) is 18.7. The van der Waals surface area contributed by atoms with Crippen LogP contribution < -0.4 is 10.6 Å². The highest BCUT2D eigenvalue weighted by Gasteiger charge is 2.63. The molecule has 189 valence electrons. The smallest absolute Gasteiger partial charge is 0.0713 e. The Hall–Kier alpha value is -3.25. The van der Waals surface area contributed by atoms with E-state index in [1.165, 1.54) is 39.8 Å². The number of hydrogen-bond donors (Lipinski definition) is 0. The zero-order valence-electron chi connectivity index (χ0n) is 22.5. The number of rotatable bonds is 10. The van der Waals surface area contributed by atoms with Gasteiger partial charge in [0.1, 0.15) is 10.6 Å². The maximum atomic E-state index is 2.45. The van der Waals surface area contributed by atoms with Gasteiger partial charge in [-0.2, -0.15) is 0 Å². The van der Waals surface area contributed by atoms with Crippen molar-refractivity contribution in [2.75, 3.05) is 6.16 Å². The Balaban J connectivity index is 1.99. The second-order valence-electron chi connectivity index (χ2n) is 10.3. The lowest BCUT2D eigenvalue weighted by Gasteiger charge is -2.46. The van der Waals surface area contributed by atoms with Crippen molar-refractivity contribution in [1.29, 1.82) is 0 Å². The molecular formula is C36H37PSi+.